The number of rotatable bonds is 4. The summed E-state index contributed by atoms with van der Waals surface area (Å²) in [6.45, 7) is 7.26. The van der Waals surface area contributed by atoms with Crippen molar-refractivity contribution >= 4 is 0 Å². The van der Waals surface area contributed by atoms with E-state index in [0.29, 0.717) is 5.41 Å². The zero-order chi connectivity index (χ0) is 14.4. The van der Waals surface area contributed by atoms with Crippen LogP contribution in [-0.4, -0.2) is 5.54 Å². The predicted molar refractivity (Wildman–Crippen MR) is 86.5 cm³/mol. The molecule has 0 aromatic carbocycles. The van der Waals surface area contributed by atoms with Crippen LogP contribution in [0, 0.1) is 29.1 Å². The van der Waals surface area contributed by atoms with Crippen LogP contribution in [0.4, 0.5) is 0 Å². The lowest BCUT2D eigenvalue weighted by molar-refractivity contribution is 0.0975. The average Bonchev–Trinajstić information content (AvgIpc) is 3.01. The van der Waals surface area contributed by atoms with Crippen molar-refractivity contribution in [3.8, 4) is 0 Å². The molecule has 0 heterocycles. The molecule has 20 heavy (non-hydrogen) atoms. The zero-order valence-electron chi connectivity index (χ0n) is 14.0. The number of nitrogens with two attached hydrogens (primary N) is 1. The summed E-state index contributed by atoms with van der Waals surface area (Å²) in [5.41, 5.74) is 7.53. The summed E-state index contributed by atoms with van der Waals surface area (Å²) in [5.74, 6) is 4.01. The Balaban J connectivity index is 1.54. The summed E-state index contributed by atoms with van der Waals surface area (Å²) in [6, 6.07) is 0. The van der Waals surface area contributed by atoms with E-state index in [1.165, 1.54) is 64.2 Å². The Labute approximate surface area is 126 Å². The van der Waals surface area contributed by atoms with Crippen LogP contribution in [0.3, 0.4) is 0 Å². The maximum Gasteiger partial charge on any atom is 0.0157 e. The molecule has 0 spiro atoms. The minimum Gasteiger partial charge on any atom is -0.325 e. The summed E-state index contributed by atoms with van der Waals surface area (Å²) < 4.78 is 0. The van der Waals surface area contributed by atoms with Crippen LogP contribution in [-0.2, 0) is 0 Å². The molecule has 3 fully saturated rings. The third-order valence-corrected chi connectivity index (χ3v) is 7.55. The molecule has 3 unspecified atom stereocenters. The van der Waals surface area contributed by atoms with Gasteiger partial charge in [0.05, 0.1) is 0 Å². The monoisotopic (exact) mass is 277 g/mol. The van der Waals surface area contributed by atoms with E-state index in [4.69, 9.17) is 5.73 Å². The van der Waals surface area contributed by atoms with Crippen molar-refractivity contribution in [2.75, 3.05) is 0 Å². The van der Waals surface area contributed by atoms with E-state index in [9.17, 15) is 0 Å². The van der Waals surface area contributed by atoms with Crippen LogP contribution in [0.5, 0.6) is 0 Å². The SMILES string of the molecule is CCC(C)(C)C1CCC(N)(CC2CC3CCC2C3)CC1. The summed E-state index contributed by atoms with van der Waals surface area (Å²) in [7, 11) is 0. The van der Waals surface area contributed by atoms with Gasteiger partial charge >= 0.3 is 0 Å². The highest BCUT2D eigenvalue weighted by Gasteiger charge is 2.44. The van der Waals surface area contributed by atoms with Gasteiger partial charge in [-0.05, 0) is 80.5 Å². The summed E-state index contributed by atoms with van der Waals surface area (Å²) in [5, 5.41) is 0. The molecule has 3 aliphatic rings. The van der Waals surface area contributed by atoms with Gasteiger partial charge < -0.3 is 5.73 Å². The van der Waals surface area contributed by atoms with Crippen molar-refractivity contribution in [2.45, 2.75) is 90.5 Å². The molecule has 0 aromatic heterocycles. The third-order valence-electron chi connectivity index (χ3n) is 7.55. The third kappa shape index (κ3) is 2.80. The largest absolute Gasteiger partial charge is 0.325 e. The molecule has 1 heteroatoms. The minimum atomic E-state index is 0.190. The molecular formula is C19H35N. The van der Waals surface area contributed by atoms with Gasteiger partial charge in [0, 0.05) is 5.54 Å². The lowest BCUT2D eigenvalue weighted by Crippen LogP contribution is -2.47. The van der Waals surface area contributed by atoms with Gasteiger partial charge in [-0.1, -0.05) is 33.6 Å². The van der Waals surface area contributed by atoms with Gasteiger partial charge in [0.15, 0.2) is 0 Å². The van der Waals surface area contributed by atoms with Crippen LogP contribution in [0.2, 0.25) is 0 Å². The molecule has 0 aromatic rings. The Morgan fingerprint density at radius 2 is 1.75 bits per heavy atom. The number of hydrogen-bond acceptors (Lipinski definition) is 1. The van der Waals surface area contributed by atoms with E-state index in [-0.39, 0.29) is 5.54 Å². The van der Waals surface area contributed by atoms with Crippen molar-refractivity contribution in [3.05, 3.63) is 0 Å². The van der Waals surface area contributed by atoms with Crippen LogP contribution >= 0.6 is 0 Å². The van der Waals surface area contributed by atoms with Crippen LogP contribution in [0.25, 0.3) is 0 Å². The second-order valence-corrected chi connectivity index (χ2v) is 9.12. The molecule has 116 valence electrons. The fourth-order valence-corrected chi connectivity index (χ4v) is 5.62. The topological polar surface area (TPSA) is 26.0 Å². The first-order valence-corrected chi connectivity index (χ1v) is 9.21. The van der Waals surface area contributed by atoms with Gasteiger partial charge in [0.25, 0.3) is 0 Å². The molecule has 3 saturated carbocycles. The van der Waals surface area contributed by atoms with E-state index in [1.54, 1.807) is 0 Å². The molecule has 0 amide bonds. The molecule has 0 radical (unpaired) electrons. The normalized spacial score (nSPS) is 45.0. The second kappa shape index (κ2) is 5.30. The van der Waals surface area contributed by atoms with E-state index >= 15 is 0 Å². The maximum absolute atomic E-state index is 6.82. The fourth-order valence-electron chi connectivity index (χ4n) is 5.62. The van der Waals surface area contributed by atoms with Gasteiger partial charge in [0.1, 0.15) is 0 Å². The Morgan fingerprint density at radius 1 is 1.05 bits per heavy atom. The van der Waals surface area contributed by atoms with Gasteiger partial charge in [-0.15, -0.1) is 0 Å². The van der Waals surface area contributed by atoms with Gasteiger partial charge in [-0.2, -0.15) is 0 Å². The first-order chi connectivity index (χ1) is 9.42. The molecule has 0 saturated heterocycles. The highest BCUT2D eigenvalue weighted by molar-refractivity contribution is 4.99. The van der Waals surface area contributed by atoms with Gasteiger partial charge in [-0.3, -0.25) is 0 Å². The Kier molecular flexibility index (Phi) is 3.95. The molecule has 2 bridgehead atoms. The molecule has 0 aliphatic heterocycles. The van der Waals surface area contributed by atoms with Crippen LogP contribution < -0.4 is 5.73 Å². The highest BCUT2D eigenvalue weighted by Crippen LogP contribution is 2.52. The fraction of sp³-hybridized carbons (Fsp3) is 1.00. The lowest BCUT2D eigenvalue weighted by Gasteiger charge is -2.45. The van der Waals surface area contributed by atoms with Crippen molar-refractivity contribution in [1.29, 1.82) is 0 Å². The smallest absolute Gasteiger partial charge is 0.0157 e. The van der Waals surface area contributed by atoms with Crippen LogP contribution in [0.1, 0.15) is 85.0 Å². The molecule has 2 N–H and O–H groups in total. The van der Waals surface area contributed by atoms with E-state index in [0.717, 1.165) is 23.7 Å². The van der Waals surface area contributed by atoms with E-state index in [2.05, 4.69) is 20.8 Å². The molecule has 1 nitrogen and oxygen atoms in total. The summed E-state index contributed by atoms with van der Waals surface area (Å²) >= 11 is 0. The molecule has 3 aliphatic carbocycles. The number of hydrogen-bond donors (Lipinski definition) is 1. The Hall–Kier alpha value is -0.0400. The lowest BCUT2D eigenvalue weighted by atomic mass is 9.63. The van der Waals surface area contributed by atoms with E-state index in [1.807, 2.05) is 0 Å². The highest BCUT2D eigenvalue weighted by atomic mass is 14.8. The van der Waals surface area contributed by atoms with Crippen LogP contribution in [0.15, 0.2) is 0 Å². The van der Waals surface area contributed by atoms with Gasteiger partial charge in [-0.25, -0.2) is 0 Å². The summed E-state index contributed by atoms with van der Waals surface area (Å²) in [6.07, 6.45) is 14.0. The first kappa shape index (κ1) is 14.9. The quantitative estimate of drug-likeness (QED) is 0.757. The average molecular weight is 277 g/mol. The second-order valence-electron chi connectivity index (χ2n) is 9.12. The minimum absolute atomic E-state index is 0.190. The van der Waals surface area contributed by atoms with Crippen molar-refractivity contribution < 1.29 is 0 Å². The first-order valence-electron chi connectivity index (χ1n) is 9.21. The maximum atomic E-state index is 6.82. The van der Waals surface area contributed by atoms with Crippen molar-refractivity contribution in [3.63, 3.8) is 0 Å². The predicted octanol–water partition coefficient (Wildman–Crippen LogP) is 5.14. The Bertz CT molecular complexity index is 338. The molecule has 3 rings (SSSR count). The number of fused-ring (bicyclic) bond motifs is 2. The van der Waals surface area contributed by atoms with Crippen molar-refractivity contribution in [1.82, 2.24) is 0 Å². The molecule has 3 atom stereocenters. The standard InChI is InChI=1S/C19H35N/c1-4-18(2,3)17-7-9-19(20,10-8-17)13-16-12-14-5-6-15(16)11-14/h14-17H,4-13,20H2,1-3H3. The summed E-state index contributed by atoms with van der Waals surface area (Å²) in [4.78, 5) is 0. The zero-order valence-corrected chi connectivity index (χ0v) is 14.0. The molecular weight excluding hydrogens is 242 g/mol. The van der Waals surface area contributed by atoms with Gasteiger partial charge in [0.2, 0.25) is 0 Å². The Morgan fingerprint density at radius 3 is 2.25 bits per heavy atom. The van der Waals surface area contributed by atoms with Crippen molar-refractivity contribution in [2.24, 2.45) is 34.8 Å². The van der Waals surface area contributed by atoms with E-state index < -0.39 is 0 Å².